The number of amides is 1. The zero-order valence-corrected chi connectivity index (χ0v) is 10.4. The fourth-order valence-corrected chi connectivity index (χ4v) is 2.63. The molecule has 0 saturated heterocycles. The molecule has 1 saturated carbocycles. The second kappa shape index (κ2) is 5.46. The fraction of sp³-hybridized carbons (Fsp3) is 0.636. The normalized spacial score (nSPS) is 25.2. The van der Waals surface area contributed by atoms with Gasteiger partial charge in [-0.1, -0.05) is 19.3 Å². The molecule has 1 fully saturated rings. The molecule has 1 aromatic heterocycles. The van der Waals surface area contributed by atoms with Gasteiger partial charge in [-0.05, 0) is 12.8 Å². The van der Waals surface area contributed by atoms with E-state index >= 15 is 0 Å². The van der Waals surface area contributed by atoms with E-state index in [1.807, 2.05) is 0 Å². The summed E-state index contributed by atoms with van der Waals surface area (Å²) >= 11 is 1.24. The van der Waals surface area contributed by atoms with Crippen molar-refractivity contribution in [1.29, 1.82) is 0 Å². The third-order valence-electron chi connectivity index (χ3n) is 3.05. The molecule has 1 amide bonds. The number of nitrogen functional groups attached to an aromatic ring is 1. The predicted octanol–water partition coefficient (Wildman–Crippen LogP) is 1.15. The zero-order valence-electron chi connectivity index (χ0n) is 9.56. The molecule has 0 aliphatic heterocycles. The molecule has 17 heavy (non-hydrogen) atoms. The van der Waals surface area contributed by atoms with Gasteiger partial charge in [-0.25, -0.2) is 4.98 Å². The molecule has 1 heterocycles. The van der Waals surface area contributed by atoms with Crippen molar-refractivity contribution in [1.82, 2.24) is 10.3 Å². The average Bonchev–Trinajstić information content (AvgIpc) is 2.63. The van der Waals surface area contributed by atoms with Gasteiger partial charge in [0.2, 0.25) is 0 Å². The first-order chi connectivity index (χ1) is 8.16. The van der Waals surface area contributed by atoms with E-state index in [1.54, 1.807) is 5.38 Å². The van der Waals surface area contributed by atoms with Crippen molar-refractivity contribution in [3.05, 3.63) is 11.1 Å². The smallest absolute Gasteiger partial charge is 0.271 e. The molecule has 4 N–H and O–H groups in total. The summed E-state index contributed by atoms with van der Waals surface area (Å²) < 4.78 is 0. The predicted molar refractivity (Wildman–Crippen MR) is 66.9 cm³/mol. The minimum Gasteiger partial charge on any atom is -0.391 e. The van der Waals surface area contributed by atoms with E-state index in [4.69, 9.17) is 5.73 Å². The summed E-state index contributed by atoms with van der Waals surface area (Å²) in [6.45, 7) is 0. The van der Waals surface area contributed by atoms with Crippen LogP contribution in [0.4, 0.5) is 5.13 Å². The van der Waals surface area contributed by atoms with Crippen molar-refractivity contribution in [3.8, 4) is 0 Å². The van der Waals surface area contributed by atoms with E-state index in [0.29, 0.717) is 10.8 Å². The van der Waals surface area contributed by atoms with Crippen LogP contribution in [0.1, 0.15) is 42.6 Å². The molecular weight excluding hydrogens is 238 g/mol. The topological polar surface area (TPSA) is 88.2 Å². The first-order valence-corrected chi connectivity index (χ1v) is 6.74. The maximum atomic E-state index is 11.9. The lowest BCUT2D eigenvalue weighted by Gasteiger charge is -2.21. The van der Waals surface area contributed by atoms with E-state index in [9.17, 15) is 9.90 Å². The molecule has 2 atom stereocenters. The molecule has 6 heteroatoms. The maximum absolute atomic E-state index is 11.9. The Morgan fingerprint density at radius 3 is 2.94 bits per heavy atom. The number of nitrogens with zero attached hydrogens (tertiary/aromatic N) is 1. The van der Waals surface area contributed by atoms with Gasteiger partial charge < -0.3 is 16.2 Å². The molecule has 1 aliphatic carbocycles. The number of hydrogen-bond donors (Lipinski definition) is 3. The summed E-state index contributed by atoms with van der Waals surface area (Å²) in [5.41, 5.74) is 5.82. The lowest BCUT2D eigenvalue weighted by atomic mass is 10.1. The molecule has 2 unspecified atom stereocenters. The molecule has 2 rings (SSSR count). The Hall–Kier alpha value is -1.14. The standard InChI is InChI=1S/C11H17N3O2S/c12-11-14-8(6-17-11)10(16)13-7-4-2-1-3-5-9(7)15/h6-7,9,15H,1-5H2,(H2,12,14)(H,13,16). The third-order valence-corrected chi connectivity index (χ3v) is 3.72. The van der Waals surface area contributed by atoms with Crippen molar-refractivity contribution in [2.45, 2.75) is 44.2 Å². The molecule has 1 aromatic rings. The molecule has 1 aliphatic rings. The van der Waals surface area contributed by atoms with Gasteiger partial charge in [0.1, 0.15) is 5.69 Å². The lowest BCUT2D eigenvalue weighted by molar-refractivity contribution is 0.0815. The summed E-state index contributed by atoms with van der Waals surface area (Å²) in [4.78, 5) is 15.8. The number of aliphatic hydroxyl groups is 1. The largest absolute Gasteiger partial charge is 0.391 e. The number of rotatable bonds is 2. The van der Waals surface area contributed by atoms with Crippen LogP contribution in [0.25, 0.3) is 0 Å². The van der Waals surface area contributed by atoms with Gasteiger partial charge in [-0.3, -0.25) is 4.79 Å². The maximum Gasteiger partial charge on any atom is 0.271 e. The third kappa shape index (κ3) is 3.17. The quantitative estimate of drug-likeness (QED) is 0.692. The number of aliphatic hydroxyl groups excluding tert-OH is 1. The number of carbonyl (C=O) groups excluding carboxylic acids is 1. The van der Waals surface area contributed by atoms with Gasteiger partial charge in [0.25, 0.3) is 5.91 Å². The van der Waals surface area contributed by atoms with Gasteiger partial charge in [0.15, 0.2) is 5.13 Å². The van der Waals surface area contributed by atoms with Crippen LogP contribution >= 0.6 is 11.3 Å². The number of nitrogens with one attached hydrogen (secondary N) is 1. The Bertz CT molecular complexity index is 394. The van der Waals surface area contributed by atoms with Crippen LogP contribution in [0.5, 0.6) is 0 Å². The minimum absolute atomic E-state index is 0.159. The van der Waals surface area contributed by atoms with E-state index in [-0.39, 0.29) is 11.9 Å². The van der Waals surface area contributed by atoms with Crippen LogP contribution in [0.3, 0.4) is 0 Å². The Morgan fingerprint density at radius 1 is 1.47 bits per heavy atom. The van der Waals surface area contributed by atoms with E-state index in [1.165, 1.54) is 11.3 Å². The number of thiazole rings is 1. The van der Waals surface area contributed by atoms with Crippen molar-refractivity contribution in [2.75, 3.05) is 5.73 Å². The van der Waals surface area contributed by atoms with Crippen LogP contribution in [-0.4, -0.2) is 28.1 Å². The number of aromatic nitrogens is 1. The van der Waals surface area contributed by atoms with Crippen molar-refractivity contribution in [3.63, 3.8) is 0 Å². The van der Waals surface area contributed by atoms with Gasteiger partial charge >= 0.3 is 0 Å². The monoisotopic (exact) mass is 255 g/mol. The summed E-state index contributed by atoms with van der Waals surface area (Å²) in [6.07, 6.45) is 4.32. The highest BCUT2D eigenvalue weighted by Gasteiger charge is 2.24. The van der Waals surface area contributed by atoms with E-state index in [0.717, 1.165) is 32.1 Å². The van der Waals surface area contributed by atoms with Crippen molar-refractivity contribution < 1.29 is 9.90 Å². The number of carbonyl (C=O) groups is 1. The Morgan fingerprint density at radius 2 is 2.24 bits per heavy atom. The summed E-state index contributed by atoms with van der Waals surface area (Å²) in [5.74, 6) is -0.246. The molecule has 94 valence electrons. The second-order valence-electron chi connectivity index (χ2n) is 4.36. The molecule has 0 spiro atoms. The highest BCUT2D eigenvalue weighted by molar-refractivity contribution is 7.13. The minimum atomic E-state index is -0.447. The highest BCUT2D eigenvalue weighted by atomic mass is 32.1. The van der Waals surface area contributed by atoms with Crippen LogP contribution in [0, 0.1) is 0 Å². The summed E-state index contributed by atoms with van der Waals surface area (Å²) in [7, 11) is 0. The molecule has 0 aromatic carbocycles. The SMILES string of the molecule is Nc1nc(C(=O)NC2CCCCCC2O)cs1. The number of anilines is 1. The molecule has 0 radical (unpaired) electrons. The summed E-state index contributed by atoms with van der Waals surface area (Å²) in [5, 5.41) is 14.7. The first-order valence-electron chi connectivity index (χ1n) is 5.87. The van der Waals surface area contributed by atoms with E-state index < -0.39 is 6.10 Å². The van der Waals surface area contributed by atoms with Crippen molar-refractivity contribution in [2.24, 2.45) is 0 Å². The van der Waals surface area contributed by atoms with Crippen LogP contribution in [0.2, 0.25) is 0 Å². The molecule has 0 bridgehead atoms. The number of hydrogen-bond acceptors (Lipinski definition) is 5. The fourth-order valence-electron chi connectivity index (χ4n) is 2.09. The van der Waals surface area contributed by atoms with E-state index in [2.05, 4.69) is 10.3 Å². The first kappa shape index (κ1) is 12.3. The Labute approximate surface area is 104 Å². The average molecular weight is 255 g/mol. The second-order valence-corrected chi connectivity index (χ2v) is 5.25. The highest BCUT2D eigenvalue weighted by Crippen LogP contribution is 2.19. The lowest BCUT2D eigenvalue weighted by Crippen LogP contribution is -2.42. The summed E-state index contributed by atoms with van der Waals surface area (Å²) in [6, 6.07) is -0.159. The van der Waals surface area contributed by atoms with Gasteiger partial charge in [-0.15, -0.1) is 11.3 Å². The van der Waals surface area contributed by atoms with Gasteiger partial charge in [0.05, 0.1) is 12.1 Å². The van der Waals surface area contributed by atoms with Crippen LogP contribution in [-0.2, 0) is 0 Å². The van der Waals surface area contributed by atoms with Crippen LogP contribution < -0.4 is 11.1 Å². The van der Waals surface area contributed by atoms with Gasteiger partial charge in [-0.2, -0.15) is 0 Å². The van der Waals surface area contributed by atoms with Gasteiger partial charge in [0, 0.05) is 5.38 Å². The molecule has 5 nitrogen and oxygen atoms in total. The number of nitrogens with two attached hydrogens (primary N) is 1. The van der Waals surface area contributed by atoms with Crippen LogP contribution in [0.15, 0.2) is 5.38 Å². The zero-order chi connectivity index (χ0) is 12.3. The Kier molecular flexibility index (Phi) is 3.96. The Balaban J connectivity index is 1.97. The van der Waals surface area contributed by atoms with Crippen molar-refractivity contribution >= 4 is 22.4 Å². The molecular formula is C11H17N3O2S.